The van der Waals surface area contributed by atoms with Gasteiger partial charge in [-0.15, -0.1) is 11.8 Å². The van der Waals surface area contributed by atoms with Gasteiger partial charge in [-0.3, -0.25) is 10.2 Å². The van der Waals surface area contributed by atoms with Gasteiger partial charge in [0.25, 0.3) is 0 Å². The number of hydrogen-bond acceptors (Lipinski definition) is 4. The second-order valence-electron chi connectivity index (χ2n) is 4.11. The van der Waals surface area contributed by atoms with E-state index in [2.05, 4.69) is 10.5 Å². The van der Waals surface area contributed by atoms with Gasteiger partial charge in [0.15, 0.2) is 10.8 Å². The second-order valence-corrected chi connectivity index (χ2v) is 5.80. The number of carbonyl (C=O) groups is 1. The Labute approximate surface area is 116 Å². The van der Waals surface area contributed by atoms with E-state index < -0.39 is 0 Å². The standard InChI is InChI=1S/C13H15ClN2OS/c1-2-18-13(12(17)9-3-4-9)16-15-11-7-5-10(14)6-8-11/h5-9,15H,2-4H2,1H3/b16-13+. The molecule has 0 heterocycles. The average molecular weight is 283 g/mol. The summed E-state index contributed by atoms with van der Waals surface area (Å²) in [6, 6.07) is 7.24. The molecule has 1 aromatic rings. The quantitative estimate of drug-likeness (QED) is 0.507. The lowest BCUT2D eigenvalue weighted by Gasteiger charge is -2.05. The smallest absolute Gasteiger partial charge is 0.192 e. The fourth-order valence-corrected chi connectivity index (χ4v) is 2.27. The molecule has 2 rings (SSSR count). The van der Waals surface area contributed by atoms with E-state index in [0.717, 1.165) is 24.3 Å². The molecule has 1 aliphatic carbocycles. The number of benzene rings is 1. The summed E-state index contributed by atoms with van der Waals surface area (Å²) < 4.78 is 0. The highest BCUT2D eigenvalue weighted by molar-refractivity contribution is 8.15. The van der Waals surface area contributed by atoms with Crippen LogP contribution in [0.25, 0.3) is 0 Å². The zero-order valence-corrected chi connectivity index (χ0v) is 11.7. The topological polar surface area (TPSA) is 41.5 Å². The summed E-state index contributed by atoms with van der Waals surface area (Å²) in [5, 5.41) is 5.47. The van der Waals surface area contributed by atoms with E-state index in [1.165, 1.54) is 11.8 Å². The van der Waals surface area contributed by atoms with E-state index in [9.17, 15) is 4.79 Å². The summed E-state index contributed by atoms with van der Waals surface area (Å²) in [6.45, 7) is 2.02. The van der Waals surface area contributed by atoms with Crippen molar-refractivity contribution >= 4 is 39.9 Å². The van der Waals surface area contributed by atoms with Gasteiger partial charge in [0.05, 0.1) is 5.69 Å². The SMILES string of the molecule is CCS/C(=N/Nc1ccc(Cl)cc1)C(=O)C1CC1. The van der Waals surface area contributed by atoms with Crippen molar-refractivity contribution in [2.75, 3.05) is 11.2 Å². The number of halogens is 1. The van der Waals surface area contributed by atoms with Gasteiger partial charge in [0, 0.05) is 10.9 Å². The molecule has 0 aromatic heterocycles. The number of hydrazone groups is 1. The Balaban J connectivity index is 2.03. The summed E-state index contributed by atoms with van der Waals surface area (Å²) in [7, 11) is 0. The molecule has 0 aliphatic heterocycles. The Morgan fingerprint density at radius 1 is 1.44 bits per heavy atom. The first-order chi connectivity index (χ1) is 8.70. The lowest BCUT2D eigenvalue weighted by molar-refractivity contribution is -0.113. The maximum absolute atomic E-state index is 12.0. The van der Waals surface area contributed by atoms with Gasteiger partial charge in [-0.2, -0.15) is 5.10 Å². The number of carbonyl (C=O) groups excluding carboxylic acids is 1. The molecule has 0 atom stereocenters. The molecule has 1 fully saturated rings. The van der Waals surface area contributed by atoms with Crippen LogP contribution < -0.4 is 5.43 Å². The molecule has 0 radical (unpaired) electrons. The van der Waals surface area contributed by atoms with E-state index in [1.54, 1.807) is 12.1 Å². The van der Waals surface area contributed by atoms with Crippen LogP contribution in [-0.2, 0) is 4.79 Å². The molecule has 1 aromatic carbocycles. The number of hydrogen-bond donors (Lipinski definition) is 1. The summed E-state index contributed by atoms with van der Waals surface area (Å²) in [6.07, 6.45) is 2.01. The van der Waals surface area contributed by atoms with Crippen molar-refractivity contribution < 1.29 is 4.79 Å². The highest BCUT2D eigenvalue weighted by Crippen LogP contribution is 2.32. The molecule has 18 heavy (non-hydrogen) atoms. The van der Waals surface area contributed by atoms with Crippen molar-refractivity contribution in [2.24, 2.45) is 11.0 Å². The van der Waals surface area contributed by atoms with E-state index in [1.807, 2.05) is 19.1 Å². The van der Waals surface area contributed by atoms with Crippen molar-refractivity contribution in [3.63, 3.8) is 0 Å². The highest BCUT2D eigenvalue weighted by Gasteiger charge is 2.32. The number of Topliss-reactive ketones (excluding diaryl/α,β-unsaturated/α-hetero) is 1. The van der Waals surface area contributed by atoms with Crippen LogP contribution in [0.15, 0.2) is 29.4 Å². The van der Waals surface area contributed by atoms with Gasteiger partial charge in [-0.25, -0.2) is 0 Å². The van der Waals surface area contributed by atoms with Crippen LogP contribution in [0, 0.1) is 5.92 Å². The van der Waals surface area contributed by atoms with E-state index >= 15 is 0 Å². The molecule has 1 aliphatic rings. The van der Waals surface area contributed by atoms with E-state index in [0.29, 0.717) is 10.1 Å². The molecule has 3 nitrogen and oxygen atoms in total. The molecule has 0 saturated heterocycles. The maximum Gasteiger partial charge on any atom is 0.192 e. The van der Waals surface area contributed by atoms with Crippen molar-refractivity contribution in [3.05, 3.63) is 29.3 Å². The van der Waals surface area contributed by atoms with Crippen LogP contribution in [0.5, 0.6) is 0 Å². The summed E-state index contributed by atoms with van der Waals surface area (Å²) in [4.78, 5) is 12.0. The van der Waals surface area contributed by atoms with E-state index in [4.69, 9.17) is 11.6 Å². The molecular weight excluding hydrogens is 268 g/mol. The van der Waals surface area contributed by atoms with Gasteiger partial charge in [-0.1, -0.05) is 18.5 Å². The van der Waals surface area contributed by atoms with Gasteiger partial charge in [-0.05, 0) is 42.9 Å². The first kappa shape index (κ1) is 13.4. The van der Waals surface area contributed by atoms with Crippen LogP contribution in [-0.4, -0.2) is 16.6 Å². The number of nitrogens with one attached hydrogen (secondary N) is 1. The minimum Gasteiger partial charge on any atom is -0.291 e. The van der Waals surface area contributed by atoms with Crippen molar-refractivity contribution in [1.29, 1.82) is 0 Å². The Bertz CT molecular complexity index is 455. The van der Waals surface area contributed by atoms with Gasteiger partial charge < -0.3 is 0 Å². The van der Waals surface area contributed by atoms with Crippen molar-refractivity contribution in [1.82, 2.24) is 0 Å². The third-order valence-corrected chi connectivity index (χ3v) is 3.68. The minimum atomic E-state index is 0.170. The molecule has 0 unspecified atom stereocenters. The van der Waals surface area contributed by atoms with Crippen molar-refractivity contribution in [2.45, 2.75) is 19.8 Å². The summed E-state index contributed by atoms with van der Waals surface area (Å²) in [5.74, 6) is 1.22. The van der Waals surface area contributed by atoms with Crippen LogP contribution in [0.3, 0.4) is 0 Å². The second kappa shape index (κ2) is 6.25. The minimum absolute atomic E-state index is 0.170. The third kappa shape index (κ3) is 3.75. The Kier molecular flexibility index (Phi) is 4.66. The number of anilines is 1. The highest BCUT2D eigenvalue weighted by atomic mass is 35.5. The van der Waals surface area contributed by atoms with Gasteiger partial charge in [0.2, 0.25) is 0 Å². The monoisotopic (exact) mass is 282 g/mol. The van der Waals surface area contributed by atoms with Crippen LogP contribution >= 0.6 is 23.4 Å². The first-order valence-electron chi connectivity index (χ1n) is 5.97. The number of thioether (sulfide) groups is 1. The molecule has 0 amide bonds. The molecule has 96 valence electrons. The summed E-state index contributed by atoms with van der Waals surface area (Å²) in [5.41, 5.74) is 3.74. The molecule has 0 spiro atoms. The first-order valence-corrected chi connectivity index (χ1v) is 7.33. The predicted octanol–water partition coefficient (Wildman–Crippen LogP) is 3.80. The van der Waals surface area contributed by atoms with Crippen LogP contribution in [0.2, 0.25) is 5.02 Å². The Morgan fingerprint density at radius 2 is 2.11 bits per heavy atom. The van der Waals surface area contributed by atoms with Gasteiger partial charge in [0.1, 0.15) is 0 Å². The van der Waals surface area contributed by atoms with Crippen LogP contribution in [0.4, 0.5) is 5.69 Å². The zero-order chi connectivity index (χ0) is 13.0. The summed E-state index contributed by atoms with van der Waals surface area (Å²) >= 11 is 7.29. The fraction of sp³-hybridized carbons (Fsp3) is 0.385. The Morgan fingerprint density at radius 3 is 2.67 bits per heavy atom. The molecule has 0 bridgehead atoms. The average Bonchev–Trinajstić information content (AvgIpc) is 3.20. The zero-order valence-electron chi connectivity index (χ0n) is 10.1. The third-order valence-electron chi connectivity index (χ3n) is 2.57. The van der Waals surface area contributed by atoms with Gasteiger partial charge >= 0.3 is 0 Å². The number of nitrogens with zero attached hydrogens (tertiary/aromatic N) is 1. The normalized spacial score (nSPS) is 15.6. The van der Waals surface area contributed by atoms with E-state index in [-0.39, 0.29) is 11.7 Å². The predicted molar refractivity (Wildman–Crippen MR) is 78.4 cm³/mol. The molecule has 1 saturated carbocycles. The largest absolute Gasteiger partial charge is 0.291 e. The molecular formula is C13H15ClN2OS. The lowest BCUT2D eigenvalue weighted by atomic mass is 10.3. The number of rotatable bonds is 5. The van der Waals surface area contributed by atoms with Crippen LogP contribution in [0.1, 0.15) is 19.8 Å². The molecule has 1 N–H and O–H groups in total. The number of ketones is 1. The molecule has 5 heteroatoms. The fourth-order valence-electron chi connectivity index (χ4n) is 1.46. The lowest BCUT2D eigenvalue weighted by Crippen LogP contribution is -2.14. The van der Waals surface area contributed by atoms with Crippen molar-refractivity contribution in [3.8, 4) is 0 Å². The maximum atomic E-state index is 12.0. The Hall–Kier alpha value is -1.00.